The van der Waals surface area contributed by atoms with E-state index < -0.39 is 5.97 Å². The number of piperidine rings is 1. The van der Waals surface area contributed by atoms with Crippen LogP contribution < -0.4 is 5.32 Å². The first-order chi connectivity index (χ1) is 11.6. The lowest BCUT2D eigenvalue weighted by atomic mass is 9.91. The topological polar surface area (TPSA) is 56.1 Å². The lowest BCUT2D eigenvalue weighted by Gasteiger charge is -2.22. The van der Waals surface area contributed by atoms with Crippen molar-refractivity contribution in [2.45, 2.75) is 32.2 Å². The van der Waals surface area contributed by atoms with Gasteiger partial charge in [-0.05, 0) is 62.5 Å². The standard InChI is InChI=1S/C18H22FN3O2/c1-12-16(13-5-7-20-8-6-13)11-22(21-12)10-15-9-14(18(23)24-2)3-4-17(15)19/h3-4,9,11,13,20H,5-8,10H2,1-2H3. The zero-order chi connectivity index (χ0) is 17.1. The third kappa shape index (κ3) is 3.48. The Balaban J connectivity index is 1.82. The molecule has 0 saturated carbocycles. The van der Waals surface area contributed by atoms with Crippen LogP contribution in [0.2, 0.25) is 0 Å². The average Bonchev–Trinajstić information content (AvgIpc) is 2.97. The van der Waals surface area contributed by atoms with E-state index in [1.807, 2.05) is 13.1 Å². The van der Waals surface area contributed by atoms with E-state index in [0.717, 1.165) is 31.6 Å². The highest BCUT2D eigenvalue weighted by Gasteiger charge is 2.20. The van der Waals surface area contributed by atoms with Crippen molar-refractivity contribution in [3.63, 3.8) is 0 Å². The van der Waals surface area contributed by atoms with Gasteiger partial charge in [0.15, 0.2) is 0 Å². The van der Waals surface area contributed by atoms with E-state index in [0.29, 0.717) is 23.6 Å². The van der Waals surface area contributed by atoms with Gasteiger partial charge in [-0.2, -0.15) is 5.10 Å². The maximum atomic E-state index is 14.1. The number of methoxy groups -OCH3 is 1. The van der Waals surface area contributed by atoms with Crippen LogP contribution in [-0.4, -0.2) is 35.9 Å². The molecule has 1 aliphatic rings. The molecule has 0 amide bonds. The van der Waals surface area contributed by atoms with Crippen molar-refractivity contribution >= 4 is 5.97 Å². The summed E-state index contributed by atoms with van der Waals surface area (Å²) in [5.74, 6) is -0.311. The predicted molar refractivity (Wildman–Crippen MR) is 88.7 cm³/mol. The number of halogens is 1. The molecule has 0 radical (unpaired) electrons. The maximum absolute atomic E-state index is 14.1. The van der Waals surface area contributed by atoms with Gasteiger partial charge in [-0.1, -0.05) is 0 Å². The SMILES string of the molecule is COC(=O)c1ccc(F)c(Cn2cc(C3CCNCC3)c(C)n2)c1. The average molecular weight is 331 g/mol. The Bertz CT molecular complexity index is 736. The molecular formula is C18H22FN3O2. The first-order valence-electron chi connectivity index (χ1n) is 8.20. The van der Waals surface area contributed by atoms with Crippen LogP contribution in [0.3, 0.4) is 0 Å². The van der Waals surface area contributed by atoms with Crippen molar-refractivity contribution in [2.24, 2.45) is 0 Å². The van der Waals surface area contributed by atoms with Gasteiger partial charge in [0.25, 0.3) is 0 Å². The van der Waals surface area contributed by atoms with Crippen LogP contribution in [0.15, 0.2) is 24.4 Å². The number of aromatic nitrogens is 2. The van der Waals surface area contributed by atoms with Crippen molar-refractivity contribution in [1.82, 2.24) is 15.1 Å². The maximum Gasteiger partial charge on any atom is 0.337 e. The van der Waals surface area contributed by atoms with Crippen LogP contribution in [0.25, 0.3) is 0 Å². The van der Waals surface area contributed by atoms with E-state index in [-0.39, 0.29) is 5.82 Å². The summed E-state index contributed by atoms with van der Waals surface area (Å²) in [5, 5.41) is 7.89. The molecule has 1 N–H and O–H groups in total. The minimum atomic E-state index is -0.469. The molecule has 1 aromatic carbocycles. The highest BCUT2D eigenvalue weighted by molar-refractivity contribution is 5.89. The molecular weight excluding hydrogens is 309 g/mol. The summed E-state index contributed by atoms with van der Waals surface area (Å²) >= 11 is 0. The van der Waals surface area contributed by atoms with Gasteiger partial charge in [-0.25, -0.2) is 9.18 Å². The number of ether oxygens (including phenoxy) is 1. The quantitative estimate of drug-likeness (QED) is 0.875. The zero-order valence-corrected chi connectivity index (χ0v) is 14.0. The Kier molecular flexibility index (Phi) is 4.94. The van der Waals surface area contributed by atoms with E-state index in [1.54, 1.807) is 4.68 Å². The Labute approximate surface area is 140 Å². The highest BCUT2D eigenvalue weighted by Crippen LogP contribution is 2.27. The summed E-state index contributed by atoms with van der Waals surface area (Å²) in [7, 11) is 1.31. The molecule has 6 heteroatoms. The number of benzene rings is 1. The van der Waals surface area contributed by atoms with Gasteiger partial charge in [0.2, 0.25) is 0 Å². The van der Waals surface area contributed by atoms with Crippen LogP contribution in [0.4, 0.5) is 4.39 Å². The van der Waals surface area contributed by atoms with E-state index in [4.69, 9.17) is 4.74 Å². The molecule has 0 unspecified atom stereocenters. The molecule has 0 spiro atoms. The molecule has 1 aromatic heterocycles. The molecule has 2 heterocycles. The number of aryl methyl sites for hydroxylation is 1. The molecule has 2 aromatic rings. The van der Waals surface area contributed by atoms with Gasteiger partial charge < -0.3 is 10.1 Å². The number of carbonyl (C=O) groups excluding carboxylic acids is 1. The van der Waals surface area contributed by atoms with E-state index >= 15 is 0 Å². The largest absolute Gasteiger partial charge is 0.465 e. The number of hydrogen-bond acceptors (Lipinski definition) is 4. The second-order valence-electron chi connectivity index (χ2n) is 6.19. The molecule has 128 valence electrons. The van der Waals surface area contributed by atoms with Crippen LogP contribution in [0, 0.1) is 12.7 Å². The third-order valence-corrected chi connectivity index (χ3v) is 4.56. The summed E-state index contributed by atoms with van der Waals surface area (Å²) in [5.41, 5.74) is 3.00. The second kappa shape index (κ2) is 7.13. The molecule has 1 aliphatic heterocycles. The number of nitrogens with zero attached hydrogens (tertiary/aromatic N) is 2. The van der Waals surface area contributed by atoms with Crippen molar-refractivity contribution < 1.29 is 13.9 Å². The van der Waals surface area contributed by atoms with Gasteiger partial charge in [0.05, 0.1) is 24.9 Å². The fourth-order valence-electron chi connectivity index (χ4n) is 3.26. The van der Waals surface area contributed by atoms with Crippen molar-refractivity contribution in [3.8, 4) is 0 Å². The Morgan fingerprint density at radius 1 is 1.42 bits per heavy atom. The fraction of sp³-hybridized carbons (Fsp3) is 0.444. The van der Waals surface area contributed by atoms with E-state index in [1.165, 1.54) is 30.9 Å². The Morgan fingerprint density at radius 2 is 2.17 bits per heavy atom. The lowest BCUT2D eigenvalue weighted by molar-refractivity contribution is 0.0600. The molecule has 0 atom stereocenters. The Morgan fingerprint density at radius 3 is 2.88 bits per heavy atom. The van der Waals surface area contributed by atoms with Gasteiger partial charge in [0, 0.05) is 11.8 Å². The lowest BCUT2D eigenvalue weighted by Crippen LogP contribution is -2.26. The second-order valence-corrected chi connectivity index (χ2v) is 6.19. The molecule has 5 nitrogen and oxygen atoms in total. The van der Waals surface area contributed by atoms with Crippen molar-refractivity contribution in [2.75, 3.05) is 20.2 Å². The summed E-state index contributed by atoms with van der Waals surface area (Å²) < 4.78 is 20.5. The molecule has 3 rings (SSSR count). The van der Waals surface area contributed by atoms with Crippen molar-refractivity contribution in [1.29, 1.82) is 0 Å². The third-order valence-electron chi connectivity index (χ3n) is 4.56. The minimum absolute atomic E-state index is 0.294. The van der Waals surface area contributed by atoms with Gasteiger partial charge in [0.1, 0.15) is 5.82 Å². The summed E-state index contributed by atoms with van der Waals surface area (Å²) in [6.07, 6.45) is 4.20. The van der Waals surface area contributed by atoms with Gasteiger partial charge >= 0.3 is 5.97 Å². The van der Waals surface area contributed by atoms with Crippen molar-refractivity contribution in [3.05, 3.63) is 52.6 Å². The van der Waals surface area contributed by atoms with Gasteiger partial charge in [-0.15, -0.1) is 0 Å². The smallest absolute Gasteiger partial charge is 0.337 e. The first kappa shape index (κ1) is 16.6. The molecule has 24 heavy (non-hydrogen) atoms. The number of nitrogens with one attached hydrogen (secondary N) is 1. The normalized spacial score (nSPS) is 15.5. The Hall–Kier alpha value is -2.21. The highest BCUT2D eigenvalue weighted by atomic mass is 19.1. The van der Waals surface area contributed by atoms with Crippen LogP contribution >= 0.6 is 0 Å². The van der Waals surface area contributed by atoms with Crippen LogP contribution in [-0.2, 0) is 11.3 Å². The molecule has 1 fully saturated rings. The zero-order valence-electron chi connectivity index (χ0n) is 14.0. The van der Waals surface area contributed by atoms with E-state index in [2.05, 4.69) is 10.4 Å². The first-order valence-corrected chi connectivity index (χ1v) is 8.20. The van der Waals surface area contributed by atoms with Crippen LogP contribution in [0.1, 0.15) is 45.9 Å². The molecule has 1 saturated heterocycles. The summed E-state index contributed by atoms with van der Waals surface area (Å²) in [6.45, 7) is 4.33. The molecule has 0 bridgehead atoms. The van der Waals surface area contributed by atoms with Crippen LogP contribution in [0.5, 0.6) is 0 Å². The monoisotopic (exact) mass is 331 g/mol. The molecule has 0 aliphatic carbocycles. The van der Waals surface area contributed by atoms with Gasteiger partial charge in [-0.3, -0.25) is 4.68 Å². The number of esters is 1. The number of carbonyl (C=O) groups is 1. The minimum Gasteiger partial charge on any atom is -0.465 e. The summed E-state index contributed by atoms with van der Waals surface area (Å²) in [4.78, 5) is 11.6. The number of hydrogen-bond donors (Lipinski definition) is 1. The predicted octanol–water partition coefficient (Wildman–Crippen LogP) is 2.63. The summed E-state index contributed by atoms with van der Waals surface area (Å²) in [6, 6.07) is 4.26. The fourth-order valence-corrected chi connectivity index (χ4v) is 3.26. The van der Waals surface area contributed by atoms with E-state index in [9.17, 15) is 9.18 Å². The number of rotatable bonds is 4.